The Morgan fingerprint density at radius 3 is 3.03 bits per heavy atom. The Bertz CT molecular complexity index is 825. The molecule has 4 rings (SSSR count). The minimum atomic E-state index is 0.320. The Hall–Kier alpha value is -2.25. The highest BCUT2D eigenvalue weighted by atomic mass is 32.1. The minimum Gasteiger partial charge on any atom is -0.454 e. The van der Waals surface area contributed by atoms with Gasteiger partial charge in [-0.05, 0) is 67.8 Å². The van der Waals surface area contributed by atoms with Gasteiger partial charge in [0.1, 0.15) is 0 Å². The number of likely N-dealkylation sites (tertiary alicyclic amines) is 1. The maximum Gasteiger partial charge on any atom is 0.231 e. The van der Waals surface area contributed by atoms with Gasteiger partial charge in [0.2, 0.25) is 6.79 Å². The number of hydrogen-bond donors (Lipinski definition) is 2. The van der Waals surface area contributed by atoms with E-state index in [0.29, 0.717) is 12.7 Å². The number of piperidine rings is 1. The number of nitrogens with zero attached hydrogens (tertiary/aromatic N) is 2. The van der Waals surface area contributed by atoms with Gasteiger partial charge in [0.25, 0.3) is 0 Å². The van der Waals surface area contributed by atoms with E-state index in [0.717, 1.165) is 56.6 Å². The van der Waals surface area contributed by atoms with Gasteiger partial charge in [-0.3, -0.25) is 9.89 Å². The normalized spacial score (nSPS) is 19.1. The second-order valence-corrected chi connectivity index (χ2v) is 8.94. The van der Waals surface area contributed by atoms with Crippen LogP contribution in [0.5, 0.6) is 11.5 Å². The first-order valence-corrected chi connectivity index (χ1v) is 11.8. The average molecular weight is 429 g/mol. The Morgan fingerprint density at radius 2 is 2.17 bits per heavy atom. The zero-order valence-electron chi connectivity index (χ0n) is 17.7. The third-order valence-electron chi connectivity index (χ3n) is 5.56. The molecule has 6 nitrogen and oxygen atoms in total. The van der Waals surface area contributed by atoms with Crippen molar-refractivity contribution in [1.82, 2.24) is 15.5 Å². The molecule has 2 N–H and O–H groups in total. The molecule has 1 aromatic carbocycles. The van der Waals surface area contributed by atoms with Gasteiger partial charge in [-0.1, -0.05) is 12.1 Å². The molecule has 1 fully saturated rings. The van der Waals surface area contributed by atoms with Crippen LogP contribution >= 0.6 is 11.3 Å². The smallest absolute Gasteiger partial charge is 0.231 e. The van der Waals surface area contributed by atoms with Crippen molar-refractivity contribution >= 4 is 17.3 Å². The first-order chi connectivity index (χ1) is 14.8. The number of aliphatic imine (C=N–C) groups is 1. The van der Waals surface area contributed by atoms with E-state index in [1.165, 1.54) is 29.8 Å². The number of benzene rings is 1. The maximum atomic E-state index is 5.47. The molecule has 7 heteroatoms. The SMILES string of the molecule is CCNC(=NCC1CCCN(Cc2cccs2)C1)NCCc1ccc2c(c1)OCO2. The Morgan fingerprint density at radius 1 is 1.23 bits per heavy atom. The molecule has 2 aliphatic rings. The zero-order valence-corrected chi connectivity index (χ0v) is 18.5. The largest absolute Gasteiger partial charge is 0.454 e. The van der Waals surface area contributed by atoms with Gasteiger partial charge >= 0.3 is 0 Å². The fourth-order valence-electron chi connectivity index (χ4n) is 4.05. The summed E-state index contributed by atoms with van der Waals surface area (Å²) in [5, 5.41) is 9.02. The molecule has 0 aliphatic carbocycles. The van der Waals surface area contributed by atoms with Crippen LogP contribution in [0, 0.1) is 5.92 Å². The van der Waals surface area contributed by atoms with Crippen LogP contribution in [0.2, 0.25) is 0 Å². The van der Waals surface area contributed by atoms with Gasteiger partial charge in [-0.2, -0.15) is 0 Å². The van der Waals surface area contributed by atoms with Crippen LogP contribution < -0.4 is 20.1 Å². The summed E-state index contributed by atoms with van der Waals surface area (Å²) in [4.78, 5) is 8.92. The van der Waals surface area contributed by atoms with Gasteiger partial charge in [0.05, 0.1) is 0 Å². The third kappa shape index (κ3) is 5.89. The van der Waals surface area contributed by atoms with Crippen LogP contribution in [0.15, 0.2) is 40.7 Å². The first-order valence-electron chi connectivity index (χ1n) is 11.0. The number of ether oxygens (including phenoxy) is 2. The van der Waals surface area contributed by atoms with E-state index >= 15 is 0 Å². The number of guanidine groups is 1. The van der Waals surface area contributed by atoms with Gasteiger partial charge in [-0.25, -0.2) is 0 Å². The quantitative estimate of drug-likeness (QED) is 0.498. The lowest BCUT2D eigenvalue weighted by Gasteiger charge is -2.31. The lowest BCUT2D eigenvalue weighted by atomic mass is 9.98. The van der Waals surface area contributed by atoms with Gasteiger partial charge < -0.3 is 20.1 Å². The van der Waals surface area contributed by atoms with Crippen molar-refractivity contribution < 1.29 is 9.47 Å². The standard InChI is InChI=1S/C23H32N4O2S/c1-2-24-23(25-10-9-18-7-8-21-22(13-18)29-17-28-21)26-14-19-5-3-11-27(15-19)16-20-6-4-12-30-20/h4,6-8,12-13,19H,2-3,5,9-11,14-17H2,1H3,(H2,24,25,26). The highest BCUT2D eigenvalue weighted by molar-refractivity contribution is 7.09. The van der Waals surface area contributed by atoms with E-state index in [-0.39, 0.29) is 0 Å². The molecule has 2 aromatic rings. The molecule has 1 unspecified atom stereocenters. The van der Waals surface area contributed by atoms with Crippen molar-refractivity contribution in [3.63, 3.8) is 0 Å². The lowest BCUT2D eigenvalue weighted by Crippen LogP contribution is -2.40. The van der Waals surface area contributed by atoms with Crippen molar-refractivity contribution in [2.24, 2.45) is 10.9 Å². The van der Waals surface area contributed by atoms with Gasteiger partial charge in [0.15, 0.2) is 17.5 Å². The predicted octanol–water partition coefficient (Wildman–Crippen LogP) is 3.49. The summed E-state index contributed by atoms with van der Waals surface area (Å²) in [5.74, 6) is 3.22. The third-order valence-corrected chi connectivity index (χ3v) is 6.42. The molecule has 2 aliphatic heterocycles. The monoisotopic (exact) mass is 428 g/mol. The molecule has 1 saturated heterocycles. The molecule has 0 radical (unpaired) electrons. The maximum absolute atomic E-state index is 5.47. The molecular formula is C23H32N4O2S. The molecule has 0 amide bonds. The van der Waals surface area contributed by atoms with Crippen molar-refractivity contribution in [1.29, 1.82) is 0 Å². The average Bonchev–Trinajstić information content (AvgIpc) is 3.44. The van der Waals surface area contributed by atoms with Crippen molar-refractivity contribution in [2.75, 3.05) is 39.5 Å². The number of hydrogen-bond acceptors (Lipinski definition) is 5. The van der Waals surface area contributed by atoms with Gasteiger partial charge in [-0.15, -0.1) is 11.3 Å². The number of thiophene rings is 1. The Kier molecular flexibility index (Phi) is 7.48. The summed E-state index contributed by atoms with van der Waals surface area (Å²) in [6, 6.07) is 10.5. The Balaban J connectivity index is 1.24. The molecule has 0 saturated carbocycles. The van der Waals surface area contributed by atoms with Crippen LogP contribution in [-0.4, -0.2) is 50.4 Å². The van der Waals surface area contributed by atoms with Crippen LogP contribution in [0.25, 0.3) is 0 Å². The molecule has 1 aromatic heterocycles. The molecule has 30 heavy (non-hydrogen) atoms. The van der Waals surface area contributed by atoms with E-state index in [1.54, 1.807) is 0 Å². The van der Waals surface area contributed by atoms with E-state index in [9.17, 15) is 0 Å². The van der Waals surface area contributed by atoms with Crippen molar-refractivity contribution in [2.45, 2.75) is 32.7 Å². The van der Waals surface area contributed by atoms with Crippen LogP contribution in [0.3, 0.4) is 0 Å². The van der Waals surface area contributed by atoms with E-state index in [1.807, 2.05) is 17.4 Å². The first kappa shape index (κ1) is 21.0. The molecule has 1 atom stereocenters. The second-order valence-electron chi connectivity index (χ2n) is 7.91. The topological polar surface area (TPSA) is 58.1 Å². The lowest BCUT2D eigenvalue weighted by molar-refractivity contribution is 0.172. The summed E-state index contributed by atoms with van der Waals surface area (Å²) in [6.45, 7) is 8.42. The summed E-state index contributed by atoms with van der Waals surface area (Å²) in [5.41, 5.74) is 1.24. The minimum absolute atomic E-state index is 0.320. The fourth-order valence-corrected chi connectivity index (χ4v) is 4.80. The van der Waals surface area contributed by atoms with Gasteiger partial charge in [0, 0.05) is 37.6 Å². The highest BCUT2D eigenvalue weighted by Crippen LogP contribution is 2.32. The fraction of sp³-hybridized carbons (Fsp3) is 0.522. The molecule has 3 heterocycles. The van der Waals surface area contributed by atoms with Crippen LogP contribution in [0.1, 0.15) is 30.2 Å². The van der Waals surface area contributed by atoms with Crippen LogP contribution in [-0.2, 0) is 13.0 Å². The van der Waals surface area contributed by atoms with E-state index < -0.39 is 0 Å². The summed E-state index contributed by atoms with van der Waals surface area (Å²) in [7, 11) is 0. The van der Waals surface area contributed by atoms with E-state index in [4.69, 9.17) is 14.5 Å². The van der Waals surface area contributed by atoms with E-state index in [2.05, 4.69) is 52.1 Å². The second kappa shape index (κ2) is 10.7. The Labute approximate surface area is 183 Å². The predicted molar refractivity (Wildman–Crippen MR) is 123 cm³/mol. The summed E-state index contributed by atoms with van der Waals surface area (Å²) < 4.78 is 10.9. The van der Waals surface area contributed by atoms with Crippen molar-refractivity contribution in [3.8, 4) is 11.5 Å². The van der Waals surface area contributed by atoms with Crippen molar-refractivity contribution in [3.05, 3.63) is 46.2 Å². The molecular weight excluding hydrogens is 396 g/mol. The molecule has 0 bridgehead atoms. The number of fused-ring (bicyclic) bond motifs is 1. The zero-order chi connectivity index (χ0) is 20.6. The summed E-state index contributed by atoms with van der Waals surface area (Å²) >= 11 is 1.85. The van der Waals surface area contributed by atoms with Crippen LogP contribution in [0.4, 0.5) is 0 Å². The molecule has 0 spiro atoms. The molecule has 162 valence electrons. The number of rotatable bonds is 8. The number of nitrogens with one attached hydrogen (secondary N) is 2. The highest BCUT2D eigenvalue weighted by Gasteiger charge is 2.20. The summed E-state index contributed by atoms with van der Waals surface area (Å²) in [6.07, 6.45) is 3.44.